The van der Waals surface area contributed by atoms with Gasteiger partial charge in [0.25, 0.3) is 0 Å². The summed E-state index contributed by atoms with van der Waals surface area (Å²) in [7, 11) is 4.95. The van der Waals surface area contributed by atoms with E-state index in [1.807, 2.05) is 47.4 Å². The molecule has 0 saturated carbocycles. The third-order valence-electron chi connectivity index (χ3n) is 5.13. The second kappa shape index (κ2) is 8.80. The summed E-state index contributed by atoms with van der Waals surface area (Å²) in [4.78, 5) is 14.9. The van der Waals surface area contributed by atoms with Gasteiger partial charge in [-0.2, -0.15) is 0 Å². The van der Waals surface area contributed by atoms with Crippen LogP contribution in [0.1, 0.15) is 36.4 Å². The minimum absolute atomic E-state index is 0.0589. The summed E-state index contributed by atoms with van der Waals surface area (Å²) in [5.74, 6) is 2.52. The molecule has 27 heavy (non-hydrogen) atoms. The first-order valence-corrected chi connectivity index (χ1v) is 9.30. The van der Waals surface area contributed by atoms with E-state index >= 15 is 0 Å². The number of nitrogens with zero attached hydrogens (tertiary/aromatic N) is 1. The first-order valence-electron chi connectivity index (χ1n) is 9.30. The second-order valence-corrected chi connectivity index (χ2v) is 6.70. The molecule has 1 saturated heterocycles. The van der Waals surface area contributed by atoms with Crippen molar-refractivity contribution in [2.75, 3.05) is 27.9 Å². The molecule has 0 aromatic heterocycles. The highest BCUT2D eigenvalue weighted by Crippen LogP contribution is 2.39. The molecule has 1 unspecified atom stereocenters. The summed E-state index contributed by atoms with van der Waals surface area (Å²) < 4.78 is 16.1. The van der Waals surface area contributed by atoms with Gasteiger partial charge in [-0.05, 0) is 49.1 Å². The van der Waals surface area contributed by atoms with Gasteiger partial charge in [0, 0.05) is 24.6 Å². The van der Waals surface area contributed by atoms with E-state index in [4.69, 9.17) is 14.2 Å². The van der Waals surface area contributed by atoms with Gasteiger partial charge >= 0.3 is 0 Å². The maximum absolute atomic E-state index is 12.9. The summed E-state index contributed by atoms with van der Waals surface area (Å²) in [6.45, 7) is 0.788. The zero-order chi connectivity index (χ0) is 19.2. The molecule has 1 heterocycles. The average Bonchev–Trinajstić information content (AvgIpc) is 3.21. The summed E-state index contributed by atoms with van der Waals surface area (Å²) in [5, 5.41) is 0. The van der Waals surface area contributed by atoms with E-state index in [1.165, 1.54) is 0 Å². The number of benzene rings is 2. The molecule has 0 radical (unpaired) electrons. The fourth-order valence-electron chi connectivity index (χ4n) is 3.71. The molecule has 0 N–H and O–H groups in total. The van der Waals surface area contributed by atoms with Crippen molar-refractivity contribution < 1.29 is 19.0 Å². The van der Waals surface area contributed by atoms with Crippen molar-refractivity contribution in [3.8, 4) is 17.2 Å². The SMILES string of the molecule is COc1cccc(CCC(=O)N2CCCC2c2ccc(OC)cc2OC)c1. The number of rotatable bonds is 7. The van der Waals surface area contributed by atoms with E-state index in [1.54, 1.807) is 21.3 Å². The molecule has 1 fully saturated rings. The van der Waals surface area contributed by atoms with Crippen molar-refractivity contribution >= 4 is 5.91 Å². The number of hydrogen-bond acceptors (Lipinski definition) is 4. The minimum Gasteiger partial charge on any atom is -0.497 e. The van der Waals surface area contributed by atoms with Gasteiger partial charge in [0.1, 0.15) is 17.2 Å². The van der Waals surface area contributed by atoms with Crippen LogP contribution in [0, 0.1) is 0 Å². The second-order valence-electron chi connectivity index (χ2n) is 6.70. The number of amides is 1. The third kappa shape index (κ3) is 4.35. The highest BCUT2D eigenvalue weighted by atomic mass is 16.5. The molecule has 3 rings (SSSR count). The number of hydrogen-bond donors (Lipinski definition) is 0. The Labute approximate surface area is 160 Å². The Morgan fingerprint density at radius 1 is 1.04 bits per heavy atom. The van der Waals surface area contributed by atoms with Crippen LogP contribution in [-0.2, 0) is 11.2 Å². The summed E-state index contributed by atoms with van der Waals surface area (Å²) in [6, 6.07) is 13.8. The number of carbonyl (C=O) groups is 1. The lowest BCUT2D eigenvalue weighted by molar-refractivity contribution is -0.132. The number of likely N-dealkylation sites (tertiary alicyclic amines) is 1. The van der Waals surface area contributed by atoms with Gasteiger partial charge in [0.05, 0.1) is 27.4 Å². The molecular formula is C22H27NO4. The van der Waals surface area contributed by atoms with E-state index in [9.17, 15) is 4.79 Å². The highest BCUT2D eigenvalue weighted by Gasteiger charge is 2.31. The van der Waals surface area contributed by atoms with Crippen molar-refractivity contribution in [3.05, 3.63) is 53.6 Å². The molecule has 0 aliphatic carbocycles. The van der Waals surface area contributed by atoms with Crippen molar-refractivity contribution in [1.82, 2.24) is 4.90 Å². The Bertz CT molecular complexity index is 790. The van der Waals surface area contributed by atoms with Gasteiger partial charge in [-0.3, -0.25) is 4.79 Å². The zero-order valence-electron chi connectivity index (χ0n) is 16.2. The predicted octanol–water partition coefficient (Wildman–Crippen LogP) is 4.01. The van der Waals surface area contributed by atoms with Gasteiger partial charge in [0.15, 0.2) is 0 Å². The Hall–Kier alpha value is -2.69. The van der Waals surface area contributed by atoms with Gasteiger partial charge in [-0.1, -0.05) is 12.1 Å². The number of carbonyl (C=O) groups excluding carboxylic acids is 1. The van der Waals surface area contributed by atoms with Gasteiger partial charge < -0.3 is 19.1 Å². The lowest BCUT2D eigenvalue weighted by Crippen LogP contribution is -2.30. The first kappa shape index (κ1) is 19.1. The van der Waals surface area contributed by atoms with E-state index in [-0.39, 0.29) is 11.9 Å². The summed E-state index contributed by atoms with van der Waals surface area (Å²) in [5.41, 5.74) is 2.16. The number of aryl methyl sites for hydroxylation is 1. The van der Waals surface area contributed by atoms with Crippen LogP contribution in [0.2, 0.25) is 0 Å². The monoisotopic (exact) mass is 369 g/mol. The molecule has 0 bridgehead atoms. The van der Waals surface area contributed by atoms with E-state index in [2.05, 4.69) is 0 Å². The molecule has 144 valence electrons. The molecular weight excluding hydrogens is 342 g/mol. The van der Waals surface area contributed by atoms with Crippen molar-refractivity contribution in [1.29, 1.82) is 0 Å². The Morgan fingerprint density at radius 2 is 1.81 bits per heavy atom. The number of methoxy groups -OCH3 is 3. The minimum atomic E-state index is 0.0589. The topological polar surface area (TPSA) is 48.0 Å². The van der Waals surface area contributed by atoms with Crippen molar-refractivity contribution in [2.24, 2.45) is 0 Å². The Balaban J connectivity index is 1.71. The standard InChI is InChI=1S/C22H27NO4/c1-25-17-7-4-6-16(14-17)9-12-22(24)23-13-5-8-20(23)19-11-10-18(26-2)15-21(19)27-3/h4,6-7,10-11,14-15,20H,5,8-9,12-13H2,1-3H3. The maximum Gasteiger partial charge on any atom is 0.223 e. The normalized spacial score (nSPS) is 16.3. The van der Waals surface area contributed by atoms with Gasteiger partial charge in [-0.25, -0.2) is 0 Å². The van der Waals surface area contributed by atoms with E-state index in [0.717, 1.165) is 47.8 Å². The Morgan fingerprint density at radius 3 is 2.56 bits per heavy atom. The molecule has 0 spiro atoms. The first-order chi connectivity index (χ1) is 13.2. The van der Waals surface area contributed by atoms with Crippen molar-refractivity contribution in [2.45, 2.75) is 31.7 Å². The molecule has 2 aromatic carbocycles. The van der Waals surface area contributed by atoms with Crippen LogP contribution in [0.15, 0.2) is 42.5 Å². The van der Waals surface area contributed by atoms with E-state index < -0.39 is 0 Å². The number of ether oxygens (including phenoxy) is 3. The lowest BCUT2D eigenvalue weighted by Gasteiger charge is -2.26. The fourth-order valence-corrected chi connectivity index (χ4v) is 3.71. The molecule has 1 aliphatic rings. The van der Waals surface area contributed by atoms with Crippen LogP contribution < -0.4 is 14.2 Å². The highest BCUT2D eigenvalue weighted by molar-refractivity contribution is 5.77. The molecule has 5 nitrogen and oxygen atoms in total. The molecule has 1 atom stereocenters. The van der Waals surface area contributed by atoms with Crippen LogP contribution >= 0.6 is 0 Å². The average molecular weight is 369 g/mol. The largest absolute Gasteiger partial charge is 0.497 e. The molecule has 2 aromatic rings. The predicted molar refractivity (Wildman–Crippen MR) is 105 cm³/mol. The van der Waals surface area contributed by atoms with Crippen LogP contribution in [0.5, 0.6) is 17.2 Å². The maximum atomic E-state index is 12.9. The van der Waals surface area contributed by atoms with E-state index in [0.29, 0.717) is 12.8 Å². The third-order valence-corrected chi connectivity index (χ3v) is 5.13. The molecule has 1 amide bonds. The van der Waals surface area contributed by atoms with Crippen LogP contribution in [0.3, 0.4) is 0 Å². The summed E-state index contributed by atoms with van der Waals surface area (Å²) >= 11 is 0. The molecule has 1 aliphatic heterocycles. The van der Waals surface area contributed by atoms with Gasteiger partial charge in [-0.15, -0.1) is 0 Å². The molecule has 5 heteroatoms. The van der Waals surface area contributed by atoms with Crippen LogP contribution in [0.25, 0.3) is 0 Å². The Kier molecular flexibility index (Phi) is 6.22. The fraction of sp³-hybridized carbons (Fsp3) is 0.409. The lowest BCUT2D eigenvalue weighted by atomic mass is 10.0. The summed E-state index contributed by atoms with van der Waals surface area (Å²) in [6.07, 6.45) is 3.15. The van der Waals surface area contributed by atoms with Gasteiger partial charge in [0.2, 0.25) is 5.91 Å². The zero-order valence-corrected chi connectivity index (χ0v) is 16.2. The quantitative estimate of drug-likeness (QED) is 0.740. The van der Waals surface area contributed by atoms with Crippen LogP contribution in [-0.4, -0.2) is 38.7 Å². The smallest absolute Gasteiger partial charge is 0.223 e. The van der Waals surface area contributed by atoms with Crippen molar-refractivity contribution in [3.63, 3.8) is 0 Å². The van der Waals surface area contributed by atoms with Crippen LogP contribution in [0.4, 0.5) is 0 Å².